The van der Waals surface area contributed by atoms with Crippen LogP contribution >= 0.6 is 0 Å². The molecular weight excluding hydrogens is 262 g/mol. The third kappa shape index (κ3) is 2.68. The summed E-state index contributed by atoms with van der Waals surface area (Å²) in [6, 6.07) is 6.54. The van der Waals surface area contributed by atoms with E-state index in [0.717, 1.165) is 51.4 Å². The number of fused-ring (bicyclic) bond motifs is 1. The van der Waals surface area contributed by atoms with E-state index >= 15 is 0 Å². The van der Waals surface area contributed by atoms with Crippen molar-refractivity contribution in [3.63, 3.8) is 0 Å². The van der Waals surface area contributed by atoms with Crippen LogP contribution in [0.25, 0.3) is 0 Å². The lowest BCUT2D eigenvalue weighted by molar-refractivity contribution is 0.0361. The quantitative estimate of drug-likeness (QED) is 0.897. The number of piperazine rings is 1. The zero-order valence-electron chi connectivity index (χ0n) is 13.3. The van der Waals surface area contributed by atoms with Crippen molar-refractivity contribution in [3.8, 4) is 5.75 Å². The minimum absolute atomic E-state index is 0.0564. The van der Waals surface area contributed by atoms with Crippen LogP contribution in [0.1, 0.15) is 24.0 Å². The van der Waals surface area contributed by atoms with Crippen molar-refractivity contribution in [2.24, 2.45) is 5.73 Å². The fraction of sp³-hybridized carbons (Fsp3) is 0.647. The van der Waals surface area contributed by atoms with E-state index in [9.17, 15) is 0 Å². The van der Waals surface area contributed by atoms with Crippen LogP contribution in [0.15, 0.2) is 18.2 Å². The smallest absolute Gasteiger partial charge is 0.124 e. The molecule has 4 heteroatoms. The van der Waals surface area contributed by atoms with E-state index in [2.05, 4.69) is 42.0 Å². The van der Waals surface area contributed by atoms with E-state index in [-0.39, 0.29) is 5.54 Å². The summed E-state index contributed by atoms with van der Waals surface area (Å²) >= 11 is 0. The molecule has 1 aromatic carbocycles. The van der Waals surface area contributed by atoms with Gasteiger partial charge < -0.3 is 15.4 Å². The van der Waals surface area contributed by atoms with E-state index < -0.39 is 0 Å². The molecule has 2 heterocycles. The molecule has 21 heavy (non-hydrogen) atoms. The second kappa shape index (κ2) is 5.95. The zero-order valence-corrected chi connectivity index (χ0v) is 13.3. The van der Waals surface area contributed by atoms with Gasteiger partial charge in [0.25, 0.3) is 0 Å². The molecule has 0 bridgehead atoms. The molecule has 0 aliphatic carbocycles. The summed E-state index contributed by atoms with van der Waals surface area (Å²) in [6.45, 7) is 8.01. The lowest BCUT2D eigenvalue weighted by Crippen LogP contribution is -2.57. The Hall–Kier alpha value is -1.10. The Kier molecular flexibility index (Phi) is 4.20. The number of hydrogen-bond acceptors (Lipinski definition) is 4. The number of hydrogen-bond donors (Lipinski definition) is 1. The monoisotopic (exact) mass is 289 g/mol. The molecule has 2 aliphatic heterocycles. The van der Waals surface area contributed by atoms with Crippen LogP contribution in [0.3, 0.4) is 0 Å². The highest BCUT2D eigenvalue weighted by atomic mass is 16.5. The Bertz CT molecular complexity index is 497. The Morgan fingerprint density at radius 2 is 2.00 bits per heavy atom. The highest BCUT2D eigenvalue weighted by molar-refractivity contribution is 5.43. The number of rotatable bonds is 2. The van der Waals surface area contributed by atoms with Gasteiger partial charge in [-0.25, -0.2) is 0 Å². The second-order valence-electron chi connectivity index (χ2n) is 6.48. The molecule has 3 rings (SSSR count). The first-order chi connectivity index (χ1) is 10.2. The van der Waals surface area contributed by atoms with Crippen LogP contribution < -0.4 is 10.5 Å². The molecule has 1 unspecified atom stereocenters. The van der Waals surface area contributed by atoms with Crippen molar-refractivity contribution in [3.05, 3.63) is 29.3 Å². The molecule has 1 aromatic rings. The topological polar surface area (TPSA) is 41.7 Å². The highest BCUT2D eigenvalue weighted by Gasteiger charge is 2.41. The Morgan fingerprint density at radius 3 is 2.71 bits per heavy atom. The average molecular weight is 289 g/mol. The van der Waals surface area contributed by atoms with Crippen molar-refractivity contribution < 1.29 is 4.74 Å². The standard InChI is InChI=1S/C17H27N3O/c1-14-4-5-16-15(12-14)17(13-18,6-3-11-21-16)20-9-7-19(2)8-10-20/h4-5,12H,3,6-11,13,18H2,1-2H3. The van der Waals surface area contributed by atoms with Gasteiger partial charge in [-0.1, -0.05) is 17.7 Å². The van der Waals surface area contributed by atoms with Gasteiger partial charge in [0.05, 0.1) is 12.1 Å². The molecule has 1 atom stereocenters. The van der Waals surface area contributed by atoms with Crippen molar-refractivity contribution >= 4 is 0 Å². The molecule has 0 radical (unpaired) electrons. The van der Waals surface area contributed by atoms with Gasteiger partial charge in [0.1, 0.15) is 5.75 Å². The number of benzene rings is 1. The first-order valence-electron chi connectivity index (χ1n) is 8.03. The van der Waals surface area contributed by atoms with Gasteiger partial charge in [-0.2, -0.15) is 0 Å². The third-order valence-corrected chi connectivity index (χ3v) is 5.07. The average Bonchev–Trinajstić information content (AvgIpc) is 2.68. The molecule has 2 N–H and O–H groups in total. The number of nitrogens with two attached hydrogens (primary N) is 1. The van der Waals surface area contributed by atoms with Crippen LogP contribution in [-0.4, -0.2) is 56.2 Å². The van der Waals surface area contributed by atoms with Crippen molar-refractivity contribution in [2.75, 3.05) is 46.4 Å². The minimum atomic E-state index is -0.0564. The fourth-order valence-corrected chi connectivity index (χ4v) is 3.72. The van der Waals surface area contributed by atoms with E-state index in [1.54, 1.807) is 0 Å². The molecule has 0 aromatic heterocycles. The summed E-state index contributed by atoms with van der Waals surface area (Å²) in [7, 11) is 2.20. The zero-order chi connectivity index (χ0) is 14.9. The summed E-state index contributed by atoms with van der Waals surface area (Å²) in [5.41, 5.74) is 8.85. The van der Waals surface area contributed by atoms with E-state index in [0.29, 0.717) is 6.54 Å². The molecule has 0 amide bonds. The Labute approximate surface area is 127 Å². The van der Waals surface area contributed by atoms with Crippen LogP contribution in [-0.2, 0) is 5.54 Å². The molecule has 1 saturated heterocycles. The summed E-state index contributed by atoms with van der Waals surface area (Å²) in [4.78, 5) is 4.99. The molecule has 0 saturated carbocycles. The molecule has 0 spiro atoms. The van der Waals surface area contributed by atoms with Gasteiger partial charge in [-0.05, 0) is 32.9 Å². The summed E-state index contributed by atoms with van der Waals surface area (Å²) < 4.78 is 5.98. The first-order valence-corrected chi connectivity index (χ1v) is 8.03. The van der Waals surface area contributed by atoms with E-state index in [1.807, 2.05) is 0 Å². The predicted molar refractivity (Wildman–Crippen MR) is 85.7 cm³/mol. The molecule has 1 fully saturated rings. The van der Waals surface area contributed by atoms with Gasteiger partial charge in [-0.15, -0.1) is 0 Å². The summed E-state index contributed by atoms with van der Waals surface area (Å²) in [6.07, 6.45) is 2.15. The van der Waals surface area contributed by atoms with Crippen molar-refractivity contribution in [1.82, 2.24) is 9.80 Å². The van der Waals surface area contributed by atoms with Gasteiger partial charge in [0, 0.05) is 38.3 Å². The summed E-state index contributed by atoms with van der Waals surface area (Å²) in [5, 5.41) is 0. The van der Waals surface area contributed by atoms with Crippen molar-refractivity contribution in [2.45, 2.75) is 25.3 Å². The van der Waals surface area contributed by atoms with Gasteiger partial charge >= 0.3 is 0 Å². The largest absolute Gasteiger partial charge is 0.493 e. The van der Waals surface area contributed by atoms with Crippen molar-refractivity contribution in [1.29, 1.82) is 0 Å². The van der Waals surface area contributed by atoms with Crippen LogP contribution in [0.5, 0.6) is 5.75 Å². The maximum absolute atomic E-state index is 6.33. The molecular formula is C17H27N3O. The van der Waals surface area contributed by atoms with Crippen LogP contribution in [0, 0.1) is 6.92 Å². The lowest BCUT2D eigenvalue weighted by Gasteiger charge is -2.47. The number of nitrogens with zero attached hydrogens (tertiary/aromatic N) is 2. The Balaban J connectivity index is 2.02. The predicted octanol–water partition coefficient (Wildman–Crippen LogP) is 1.57. The van der Waals surface area contributed by atoms with Gasteiger partial charge in [0.2, 0.25) is 0 Å². The third-order valence-electron chi connectivity index (χ3n) is 5.07. The van der Waals surface area contributed by atoms with Gasteiger partial charge in [0.15, 0.2) is 0 Å². The van der Waals surface area contributed by atoms with E-state index in [1.165, 1.54) is 11.1 Å². The normalized spacial score (nSPS) is 27.8. The fourth-order valence-electron chi connectivity index (χ4n) is 3.72. The lowest BCUT2D eigenvalue weighted by atomic mass is 9.82. The molecule has 4 nitrogen and oxygen atoms in total. The number of likely N-dealkylation sites (N-methyl/N-ethyl adjacent to an activating group) is 1. The SMILES string of the molecule is Cc1ccc2c(c1)C(CN)(N1CCN(C)CC1)CCCO2. The number of aryl methyl sites for hydroxylation is 1. The van der Waals surface area contributed by atoms with Crippen LogP contribution in [0.2, 0.25) is 0 Å². The first kappa shape index (κ1) is 14.8. The maximum Gasteiger partial charge on any atom is 0.124 e. The minimum Gasteiger partial charge on any atom is -0.493 e. The van der Waals surface area contributed by atoms with Gasteiger partial charge in [-0.3, -0.25) is 4.90 Å². The second-order valence-corrected chi connectivity index (χ2v) is 6.48. The highest BCUT2D eigenvalue weighted by Crippen LogP contribution is 2.41. The maximum atomic E-state index is 6.33. The van der Waals surface area contributed by atoms with Crippen LogP contribution in [0.4, 0.5) is 0 Å². The van der Waals surface area contributed by atoms with E-state index in [4.69, 9.17) is 10.5 Å². The molecule has 116 valence electrons. The molecule has 2 aliphatic rings. The number of ether oxygens (including phenoxy) is 1. The summed E-state index contributed by atoms with van der Waals surface area (Å²) in [5.74, 6) is 1.03. The Morgan fingerprint density at radius 1 is 1.24 bits per heavy atom.